The number of nitrogens with two attached hydrogens (primary N) is 1. The molecule has 0 aliphatic carbocycles. The van der Waals surface area contributed by atoms with E-state index in [4.69, 9.17) is 10.5 Å². The molecular weight excluding hydrogens is 190 g/mol. The van der Waals surface area contributed by atoms with Gasteiger partial charge in [-0.3, -0.25) is 4.79 Å². The zero-order valence-electron chi connectivity index (χ0n) is 8.82. The van der Waals surface area contributed by atoms with Gasteiger partial charge >= 0.3 is 0 Å². The monoisotopic (exact) mass is 205 g/mol. The van der Waals surface area contributed by atoms with Gasteiger partial charge in [-0.1, -0.05) is 18.2 Å². The van der Waals surface area contributed by atoms with E-state index < -0.39 is 0 Å². The molecule has 0 saturated heterocycles. The molecule has 2 N–H and O–H groups in total. The first kappa shape index (κ1) is 10.2. The van der Waals surface area contributed by atoms with Crippen LogP contribution < -0.4 is 5.73 Å². The highest BCUT2D eigenvalue weighted by molar-refractivity contribution is 5.76. The molecule has 0 saturated carbocycles. The fraction of sp³-hybridized carbons (Fsp3) is 0.417. The van der Waals surface area contributed by atoms with Crippen molar-refractivity contribution in [2.24, 2.45) is 5.73 Å². The Bertz CT molecular complexity index is 387. The normalized spacial score (nSPS) is 19.7. The molecule has 2 rings (SSSR count). The molecule has 1 atom stereocenters. The van der Waals surface area contributed by atoms with Crippen LogP contribution >= 0.6 is 0 Å². The number of rotatable bonds is 2. The minimum Gasteiger partial charge on any atom is -0.373 e. The number of ether oxygens (including phenoxy) is 1. The SMILES string of the molecule is CC1OCCc2cc(CC(N)=O)ccc21. The summed E-state index contributed by atoms with van der Waals surface area (Å²) in [7, 11) is 0. The highest BCUT2D eigenvalue weighted by atomic mass is 16.5. The van der Waals surface area contributed by atoms with Crippen molar-refractivity contribution in [2.75, 3.05) is 6.61 Å². The van der Waals surface area contributed by atoms with Crippen molar-refractivity contribution < 1.29 is 9.53 Å². The number of carbonyl (C=O) groups is 1. The lowest BCUT2D eigenvalue weighted by molar-refractivity contribution is -0.117. The topological polar surface area (TPSA) is 52.3 Å². The Morgan fingerprint density at radius 3 is 3.13 bits per heavy atom. The summed E-state index contributed by atoms with van der Waals surface area (Å²) in [5.41, 5.74) is 8.68. The number of hydrogen-bond donors (Lipinski definition) is 1. The number of carbonyl (C=O) groups excluding carboxylic acids is 1. The van der Waals surface area contributed by atoms with E-state index in [1.165, 1.54) is 11.1 Å². The van der Waals surface area contributed by atoms with Crippen LogP contribution in [0, 0.1) is 0 Å². The molecular formula is C12H15NO2. The number of primary amides is 1. The van der Waals surface area contributed by atoms with Gasteiger partial charge in [-0.25, -0.2) is 0 Å². The smallest absolute Gasteiger partial charge is 0.221 e. The highest BCUT2D eigenvalue weighted by Gasteiger charge is 2.16. The number of fused-ring (bicyclic) bond motifs is 1. The van der Waals surface area contributed by atoms with E-state index in [-0.39, 0.29) is 12.0 Å². The zero-order chi connectivity index (χ0) is 10.8. The fourth-order valence-electron chi connectivity index (χ4n) is 2.02. The van der Waals surface area contributed by atoms with E-state index in [0.29, 0.717) is 6.42 Å². The van der Waals surface area contributed by atoms with Crippen molar-refractivity contribution in [1.82, 2.24) is 0 Å². The molecule has 0 radical (unpaired) electrons. The maximum atomic E-state index is 10.8. The average molecular weight is 205 g/mol. The summed E-state index contributed by atoms with van der Waals surface area (Å²) < 4.78 is 5.53. The second-order valence-corrected chi connectivity index (χ2v) is 3.94. The second kappa shape index (κ2) is 4.03. The Morgan fingerprint density at radius 2 is 2.40 bits per heavy atom. The first-order chi connectivity index (χ1) is 7.16. The van der Waals surface area contributed by atoms with Gasteiger partial charge in [0.15, 0.2) is 0 Å². The molecule has 1 aliphatic rings. The van der Waals surface area contributed by atoms with Crippen LogP contribution in [0.25, 0.3) is 0 Å². The van der Waals surface area contributed by atoms with Crippen LogP contribution in [-0.2, 0) is 22.4 Å². The zero-order valence-corrected chi connectivity index (χ0v) is 8.82. The highest BCUT2D eigenvalue weighted by Crippen LogP contribution is 2.27. The molecule has 1 aromatic rings. The standard InChI is InChI=1S/C12H15NO2/c1-8-11-3-2-9(7-12(13)14)6-10(11)4-5-15-8/h2-3,6,8H,4-5,7H2,1H3,(H2,13,14). The minimum absolute atomic E-state index is 0.163. The molecule has 0 aromatic heterocycles. The summed E-state index contributed by atoms with van der Waals surface area (Å²) in [6.45, 7) is 2.81. The first-order valence-electron chi connectivity index (χ1n) is 5.18. The third kappa shape index (κ3) is 2.18. The van der Waals surface area contributed by atoms with Crippen molar-refractivity contribution in [3.05, 3.63) is 34.9 Å². The molecule has 80 valence electrons. The molecule has 0 bridgehead atoms. The van der Waals surface area contributed by atoms with E-state index in [1.807, 2.05) is 19.1 Å². The van der Waals surface area contributed by atoms with E-state index in [2.05, 4.69) is 6.07 Å². The number of amides is 1. The predicted molar refractivity (Wildman–Crippen MR) is 57.4 cm³/mol. The predicted octanol–water partition coefficient (Wildman–Crippen LogP) is 1.35. The lowest BCUT2D eigenvalue weighted by Gasteiger charge is -2.23. The van der Waals surface area contributed by atoms with Gasteiger partial charge in [0, 0.05) is 0 Å². The van der Waals surface area contributed by atoms with Gasteiger partial charge in [0.2, 0.25) is 5.91 Å². The van der Waals surface area contributed by atoms with Gasteiger partial charge in [0.05, 0.1) is 19.1 Å². The molecule has 0 spiro atoms. The number of benzene rings is 1. The van der Waals surface area contributed by atoms with Gasteiger partial charge in [-0.15, -0.1) is 0 Å². The summed E-state index contributed by atoms with van der Waals surface area (Å²) in [4.78, 5) is 10.8. The average Bonchev–Trinajstić information content (AvgIpc) is 2.17. The molecule has 1 aromatic carbocycles. The second-order valence-electron chi connectivity index (χ2n) is 3.94. The molecule has 1 heterocycles. The van der Waals surface area contributed by atoms with Crippen LogP contribution in [0.4, 0.5) is 0 Å². The Labute approximate surface area is 89.2 Å². The lowest BCUT2D eigenvalue weighted by atomic mass is 9.95. The van der Waals surface area contributed by atoms with Gasteiger partial charge in [-0.2, -0.15) is 0 Å². The van der Waals surface area contributed by atoms with E-state index in [1.54, 1.807) is 0 Å². The molecule has 3 nitrogen and oxygen atoms in total. The molecule has 3 heteroatoms. The van der Waals surface area contributed by atoms with Crippen LogP contribution in [0.3, 0.4) is 0 Å². The fourth-order valence-corrected chi connectivity index (χ4v) is 2.02. The third-order valence-corrected chi connectivity index (χ3v) is 2.76. The summed E-state index contributed by atoms with van der Waals surface area (Å²) in [5.74, 6) is -0.282. The van der Waals surface area contributed by atoms with Crippen LogP contribution in [-0.4, -0.2) is 12.5 Å². The summed E-state index contributed by atoms with van der Waals surface area (Å²) in [6.07, 6.45) is 1.41. The number of hydrogen-bond acceptors (Lipinski definition) is 2. The van der Waals surface area contributed by atoms with Gasteiger partial charge in [-0.05, 0) is 30.0 Å². The van der Waals surface area contributed by atoms with Crippen LogP contribution in [0.5, 0.6) is 0 Å². The summed E-state index contributed by atoms with van der Waals surface area (Å²) >= 11 is 0. The van der Waals surface area contributed by atoms with Crippen molar-refractivity contribution >= 4 is 5.91 Å². The van der Waals surface area contributed by atoms with Crippen molar-refractivity contribution in [1.29, 1.82) is 0 Å². The first-order valence-corrected chi connectivity index (χ1v) is 5.18. The van der Waals surface area contributed by atoms with Gasteiger partial charge in [0.1, 0.15) is 0 Å². The molecule has 1 amide bonds. The largest absolute Gasteiger partial charge is 0.373 e. The van der Waals surface area contributed by atoms with Crippen molar-refractivity contribution in [3.8, 4) is 0 Å². The Balaban J connectivity index is 2.29. The van der Waals surface area contributed by atoms with E-state index in [0.717, 1.165) is 18.6 Å². The summed E-state index contributed by atoms with van der Waals surface area (Å²) in [5, 5.41) is 0. The Morgan fingerprint density at radius 1 is 1.60 bits per heavy atom. The van der Waals surface area contributed by atoms with Crippen molar-refractivity contribution in [2.45, 2.75) is 25.9 Å². The van der Waals surface area contributed by atoms with Crippen molar-refractivity contribution in [3.63, 3.8) is 0 Å². The Kier molecular flexibility index (Phi) is 2.73. The Hall–Kier alpha value is -1.35. The molecule has 0 fully saturated rings. The van der Waals surface area contributed by atoms with Crippen LogP contribution in [0.2, 0.25) is 0 Å². The molecule has 1 unspecified atom stereocenters. The maximum absolute atomic E-state index is 10.8. The van der Waals surface area contributed by atoms with Crippen LogP contribution in [0.1, 0.15) is 29.7 Å². The van der Waals surface area contributed by atoms with Gasteiger partial charge < -0.3 is 10.5 Å². The lowest BCUT2D eigenvalue weighted by Crippen LogP contribution is -2.16. The maximum Gasteiger partial charge on any atom is 0.221 e. The quantitative estimate of drug-likeness (QED) is 0.792. The van der Waals surface area contributed by atoms with Gasteiger partial charge in [0.25, 0.3) is 0 Å². The minimum atomic E-state index is -0.282. The molecule has 15 heavy (non-hydrogen) atoms. The van der Waals surface area contributed by atoms with E-state index >= 15 is 0 Å². The van der Waals surface area contributed by atoms with E-state index in [9.17, 15) is 4.79 Å². The third-order valence-electron chi connectivity index (χ3n) is 2.76. The summed E-state index contributed by atoms with van der Waals surface area (Å²) in [6, 6.07) is 6.06. The van der Waals surface area contributed by atoms with Crippen LogP contribution in [0.15, 0.2) is 18.2 Å². The molecule has 1 aliphatic heterocycles.